The summed E-state index contributed by atoms with van der Waals surface area (Å²) in [6.07, 6.45) is -5.40. The molecule has 1 saturated heterocycles. The summed E-state index contributed by atoms with van der Waals surface area (Å²) < 4.78 is 57.9. The maximum atomic E-state index is 13.8. The Morgan fingerprint density at radius 2 is 2.03 bits per heavy atom. The number of hydrogen-bond donors (Lipinski definition) is 1. The van der Waals surface area contributed by atoms with Crippen LogP contribution in [0.1, 0.15) is 41.0 Å². The highest BCUT2D eigenvalue weighted by molar-refractivity contribution is 5.76. The summed E-state index contributed by atoms with van der Waals surface area (Å²) in [4.78, 5) is 22.7. The second-order valence-corrected chi connectivity index (χ2v) is 8.43. The van der Waals surface area contributed by atoms with Crippen LogP contribution in [0.4, 0.5) is 24.7 Å². The molecule has 33 heavy (non-hydrogen) atoms. The number of cyclic esters (lactones) is 1. The number of ether oxygens (including phenoxy) is 3. The second-order valence-electron chi connectivity index (χ2n) is 8.43. The van der Waals surface area contributed by atoms with Gasteiger partial charge in [0.1, 0.15) is 12.4 Å². The average Bonchev–Trinajstić information content (AvgIpc) is 2.91. The number of rotatable bonds is 3. The molecular formula is C22H25F3N4O4. The third kappa shape index (κ3) is 4.68. The van der Waals surface area contributed by atoms with Gasteiger partial charge in [0, 0.05) is 30.1 Å². The van der Waals surface area contributed by atoms with Crippen molar-refractivity contribution in [1.29, 1.82) is 0 Å². The van der Waals surface area contributed by atoms with Crippen molar-refractivity contribution in [3.8, 4) is 6.01 Å². The number of esters is 1. The molecule has 2 aliphatic rings. The fraction of sp³-hybridized carbons (Fsp3) is 0.500. The van der Waals surface area contributed by atoms with Crippen LogP contribution in [0.25, 0.3) is 0 Å². The maximum Gasteiger partial charge on any atom is 0.417 e. The molecule has 0 aliphatic carbocycles. The minimum absolute atomic E-state index is 0.00693. The van der Waals surface area contributed by atoms with Crippen molar-refractivity contribution in [3.05, 3.63) is 40.1 Å². The van der Waals surface area contributed by atoms with Crippen molar-refractivity contribution in [3.63, 3.8) is 0 Å². The van der Waals surface area contributed by atoms with Gasteiger partial charge in [0.2, 0.25) is 0 Å². The minimum atomic E-state index is -4.56. The zero-order valence-electron chi connectivity index (χ0n) is 18.5. The smallest absolute Gasteiger partial charge is 0.417 e. The van der Waals surface area contributed by atoms with Crippen LogP contribution in [-0.2, 0) is 33.5 Å². The first-order valence-corrected chi connectivity index (χ1v) is 10.5. The second kappa shape index (κ2) is 8.69. The van der Waals surface area contributed by atoms with E-state index in [1.54, 1.807) is 4.90 Å². The van der Waals surface area contributed by atoms with Crippen molar-refractivity contribution >= 4 is 17.5 Å². The number of nitrogen functional groups attached to an aromatic ring is 1. The van der Waals surface area contributed by atoms with Crippen LogP contribution in [0.2, 0.25) is 0 Å². The molecule has 178 valence electrons. The lowest BCUT2D eigenvalue weighted by Gasteiger charge is -2.31. The molecule has 4 rings (SSSR count). The Kier molecular flexibility index (Phi) is 6.08. The Balaban J connectivity index is 1.75. The van der Waals surface area contributed by atoms with Crippen LogP contribution in [0.3, 0.4) is 0 Å². The Hall–Kier alpha value is -3.08. The summed E-state index contributed by atoms with van der Waals surface area (Å²) >= 11 is 0. The molecule has 2 aromatic rings. The van der Waals surface area contributed by atoms with Crippen LogP contribution in [0.5, 0.6) is 6.01 Å². The normalized spacial score (nSPS) is 21.3. The lowest BCUT2D eigenvalue weighted by Crippen LogP contribution is -2.34. The number of fused-ring (bicyclic) bond motifs is 1. The predicted octanol–water partition coefficient (Wildman–Crippen LogP) is 3.21. The van der Waals surface area contributed by atoms with E-state index in [4.69, 9.17) is 19.9 Å². The molecule has 2 atom stereocenters. The molecule has 0 radical (unpaired) electrons. The van der Waals surface area contributed by atoms with Gasteiger partial charge in [-0.3, -0.25) is 4.79 Å². The molecule has 2 unspecified atom stereocenters. The number of nitrogens with two attached hydrogens (primary N) is 1. The van der Waals surface area contributed by atoms with E-state index in [0.29, 0.717) is 30.2 Å². The van der Waals surface area contributed by atoms with E-state index in [-0.39, 0.29) is 54.3 Å². The Morgan fingerprint density at radius 1 is 1.27 bits per heavy atom. The van der Waals surface area contributed by atoms with Crippen LogP contribution in [0, 0.1) is 12.8 Å². The van der Waals surface area contributed by atoms with Gasteiger partial charge in [-0.2, -0.15) is 23.1 Å². The first-order chi connectivity index (χ1) is 15.6. The third-order valence-corrected chi connectivity index (χ3v) is 5.74. The molecule has 2 N–H and O–H groups in total. The predicted molar refractivity (Wildman–Crippen MR) is 113 cm³/mol. The molecule has 0 amide bonds. The highest BCUT2D eigenvalue weighted by Gasteiger charge is 2.39. The summed E-state index contributed by atoms with van der Waals surface area (Å²) in [6, 6.07) is 2.66. The van der Waals surface area contributed by atoms with E-state index < -0.39 is 17.8 Å². The quantitative estimate of drug-likeness (QED) is 0.544. The van der Waals surface area contributed by atoms with Crippen LogP contribution >= 0.6 is 0 Å². The van der Waals surface area contributed by atoms with Gasteiger partial charge in [-0.05, 0) is 30.2 Å². The number of aryl methyl sites for hydroxylation is 1. The largest absolute Gasteiger partial charge is 0.467 e. The summed E-state index contributed by atoms with van der Waals surface area (Å²) in [5.74, 6) is 0.140. The monoisotopic (exact) mass is 466 g/mol. The molecule has 0 bridgehead atoms. The molecule has 2 aliphatic heterocycles. The van der Waals surface area contributed by atoms with Gasteiger partial charge in [0.15, 0.2) is 0 Å². The molecule has 1 aromatic carbocycles. The number of hydrogen-bond acceptors (Lipinski definition) is 8. The van der Waals surface area contributed by atoms with Crippen LogP contribution in [0.15, 0.2) is 12.1 Å². The number of methoxy groups -OCH3 is 1. The topological polar surface area (TPSA) is 99.8 Å². The number of alkyl halides is 3. The Bertz CT molecular complexity index is 1080. The van der Waals surface area contributed by atoms with E-state index in [1.165, 1.54) is 26.2 Å². The number of anilines is 2. The van der Waals surface area contributed by atoms with Crippen molar-refractivity contribution in [2.75, 3.05) is 37.4 Å². The van der Waals surface area contributed by atoms with Gasteiger partial charge >= 0.3 is 18.2 Å². The van der Waals surface area contributed by atoms with Gasteiger partial charge in [0.25, 0.3) is 0 Å². The van der Waals surface area contributed by atoms with Crippen LogP contribution in [-0.4, -0.2) is 42.7 Å². The molecule has 3 heterocycles. The zero-order chi connectivity index (χ0) is 23.9. The third-order valence-electron chi connectivity index (χ3n) is 5.74. The lowest BCUT2D eigenvalue weighted by atomic mass is 9.92. The molecule has 0 saturated carbocycles. The van der Waals surface area contributed by atoms with Crippen molar-refractivity contribution < 1.29 is 32.2 Å². The van der Waals surface area contributed by atoms with Crippen molar-refractivity contribution in [2.24, 2.45) is 5.92 Å². The summed E-state index contributed by atoms with van der Waals surface area (Å²) in [5.41, 5.74) is 6.45. The first kappa shape index (κ1) is 23.1. The fourth-order valence-corrected chi connectivity index (χ4v) is 4.36. The van der Waals surface area contributed by atoms with Gasteiger partial charge < -0.3 is 24.8 Å². The molecule has 8 nitrogen and oxygen atoms in total. The number of nitrogens with zero attached hydrogens (tertiary/aromatic N) is 3. The molecule has 1 fully saturated rings. The molecule has 1 aromatic heterocycles. The van der Waals surface area contributed by atoms with Crippen LogP contribution < -0.4 is 15.4 Å². The number of carbonyl (C=O) groups excluding carboxylic acids is 1. The highest BCUT2D eigenvalue weighted by atomic mass is 19.4. The fourth-order valence-electron chi connectivity index (χ4n) is 4.36. The van der Waals surface area contributed by atoms with Gasteiger partial charge in [0.05, 0.1) is 37.7 Å². The standard InChI is InChI=1S/C22H25F3N4O4/c1-11-7-29(8-18(30)33-9-11)20-15-10-32-17(6-16(15)27-21(28-20)31-3)14-5-13(26)4-12(2)19(14)22(23,24)25/h4-5,11,17H,6-10,26H2,1-3H3. The van der Waals surface area contributed by atoms with Gasteiger partial charge in [-0.15, -0.1) is 0 Å². The minimum Gasteiger partial charge on any atom is -0.467 e. The van der Waals surface area contributed by atoms with Crippen molar-refractivity contribution in [1.82, 2.24) is 9.97 Å². The number of aromatic nitrogens is 2. The SMILES string of the molecule is COc1nc2c(c(N3CC(=O)OCC(C)C3)n1)COC(c1cc(N)cc(C)c1C(F)(F)F)C2. The van der Waals surface area contributed by atoms with E-state index in [2.05, 4.69) is 9.97 Å². The van der Waals surface area contributed by atoms with E-state index in [9.17, 15) is 18.0 Å². The van der Waals surface area contributed by atoms with E-state index in [0.717, 1.165) is 0 Å². The summed E-state index contributed by atoms with van der Waals surface area (Å²) in [5, 5.41) is 0. The van der Waals surface area contributed by atoms with Gasteiger partial charge in [-0.25, -0.2) is 0 Å². The number of carbonyl (C=O) groups is 1. The van der Waals surface area contributed by atoms with Gasteiger partial charge in [-0.1, -0.05) is 6.92 Å². The average molecular weight is 466 g/mol. The molecule has 11 heteroatoms. The van der Waals surface area contributed by atoms with E-state index in [1.807, 2.05) is 6.92 Å². The lowest BCUT2D eigenvalue weighted by molar-refractivity contribution is -0.142. The Morgan fingerprint density at radius 3 is 2.73 bits per heavy atom. The Labute approximate surface area is 188 Å². The number of benzene rings is 1. The molecular weight excluding hydrogens is 441 g/mol. The molecule has 0 spiro atoms. The highest BCUT2D eigenvalue weighted by Crippen LogP contribution is 2.42. The van der Waals surface area contributed by atoms with Crippen molar-refractivity contribution in [2.45, 2.75) is 39.2 Å². The number of halogens is 3. The zero-order valence-corrected chi connectivity index (χ0v) is 18.5. The first-order valence-electron chi connectivity index (χ1n) is 10.5. The maximum absolute atomic E-state index is 13.8. The summed E-state index contributed by atoms with van der Waals surface area (Å²) in [6.45, 7) is 4.10. The van der Waals surface area contributed by atoms with E-state index >= 15 is 0 Å². The summed E-state index contributed by atoms with van der Waals surface area (Å²) in [7, 11) is 1.41.